The van der Waals surface area contributed by atoms with Gasteiger partial charge in [-0.15, -0.1) is 0 Å². The Bertz CT molecular complexity index is 711. The Balaban J connectivity index is 1.37. The molecule has 0 unspecified atom stereocenters. The van der Waals surface area contributed by atoms with Gasteiger partial charge in [0.1, 0.15) is 0 Å². The van der Waals surface area contributed by atoms with E-state index in [0.29, 0.717) is 18.1 Å². The molecule has 0 saturated carbocycles. The fourth-order valence-electron chi connectivity index (χ4n) is 2.92. The fourth-order valence-corrected chi connectivity index (χ4v) is 3.14. The molecular formula is C18H23ClN4O2. The molecule has 1 aliphatic heterocycles. The van der Waals surface area contributed by atoms with Gasteiger partial charge in [-0.1, -0.05) is 28.9 Å². The summed E-state index contributed by atoms with van der Waals surface area (Å²) in [5, 5.41) is 7.55. The van der Waals surface area contributed by atoms with Gasteiger partial charge in [0, 0.05) is 43.8 Å². The number of rotatable bonds is 6. The molecule has 1 saturated heterocycles. The van der Waals surface area contributed by atoms with Crippen molar-refractivity contribution in [2.45, 2.75) is 20.0 Å². The highest BCUT2D eigenvalue weighted by atomic mass is 35.5. The van der Waals surface area contributed by atoms with E-state index in [-0.39, 0.29) is 5.91 Å². The van der Waals surface area contributed by atoms with Crippen LogP contribution in [0.5, 0.6) is 0 Å². The molecule has 0 atom stereocenters. The fraction of sp³-hybridized carbons (Fsp3) is 0.444. The van der Waals surface area contributed by atoms with Crippen molar-refractivity contribution in [2.24, 2.45) is 0 Å². The number of carbonyl (C=O) groups excluding carboxylic acids is 1. The van der Waals surface area contributed by atoms with E-state index in [0.717, 1.165) is 49.7 Å². The van der Waals surface area contributed by atoms with Gasteiger partial charge in [0.25, 0.3) is 0 Å². The molecule has 1 aromatic heterocycles. The highest BCUT2D eigenvalue weighted by Gasteiger charge is 2.20. The molecule has 3 rings (SSSR count). The van der Waals surface area contributed by atoms with Crippen LogP contribution in [0, 0.1) is 6.92 Å². The molecular weight excluding hydrogens is 340 g/mol. The largest absolute Gasteiger partial charge is 0.360 e. The number of aromatic nitrogens is 1. The molecule has 0 spiro atoms. The van der Waals surface area contributed by atoms with Crippen molar-refractivity contribution in [3.05, 3.63) is 52.4 Å². The molecule has 7 heteroatoms. The van der Waals surface area contributed by atoms with Crippen LogP contribution >= 0.6 is 11.6 Å². The molecule has 2 aromatic rings. The number of amides is 1. The van der Waals surface area contributed by atoms with Crippen molar-refractivity contribution in [1.82, 2.24) is 20.3 Å². The SMILES string of the molecule is Cc1cc(CN2CCN(CC(=O)NCc3cccc(Cl)c3)CC2)on1. The molecule has 134 valence electrons. The summed E-state index contributed by atoms with van der Waals surface area (Å²) < 4.78 is 5.26. The molecule has 6 nitrogen and oxygen atoms in total. The second kappa shape index (κ2) is 8.47. The molecule has 1 aromatic carbocycles. The maximum atomic E-state index is 12.1. The minimum absolute atomic E-state index is 0.0410. The minimum atomic E-state index is 0.0410. The Kier molecular flexibility index (Phi) is 6.07. The van der Waals surface area contributed by atoms with Crippen molar-refractivity contribution in [3.63, 3.8) is 0 Å². The van der Waals surface area contributed by atoms with Crippen molar-refractivity contribution in [2.75, 3.05) is 32.7 Å². The van der Waals surface area contributed by atoms with Gasteiger partial charge in [-0.05, 0) is 24.6 Å². The van der Waals surface area contributed by atoms with Crippen LogP contribution in [-0.2, 0) is 17.9 Å². The number of nitrogens with zero attached hydrogens (tertiary/aromatic N) is 3. The van der Waals surface area contributed by atoms with Crippen LogP contribution in [0.3, 0.4) is 0 Å². The maximum Gasteiger partial charge on any atom is 0.234 e. The lowest BCUT2D eigenvalue weighted by Crippen LogP contribution is -2.49. The van der Waals surface area contributed by atoms with Crippen LogP contribution in [0.4, 0.5) is 0 Å². The monoisotopic (exact) mass is 362 g/mol. The van der Waals surface area contributed by atoms with E-state index in [4.69, 9.17) is 16.1 Å². The van der Waals surface area contributed by atoms with E-state index < -0.39 is 0 Å². The number of halogens is 1. The van der Waals surface area contributed by atoms with Gasteiger partial charge in [0.15, 0.2) is 5.76 Å². The number of nitrogens with one attached hydrogen (secondary N) is 1. The first-order valence-electron chi connectivity index (χ1n) is 8.46. The Morgan fingerprint density at radius 2 is 2.00 bits per heavy atom. The summed E-state index contributed by atoms with van der Waals surface area (Å²) in [4.78, 5) is 16.6. The van der Waals surface area contributed by atoms with Gasteiger partial charge in [-0.3, -0.25) is 14.6 Å². The number of carbonyl (C=O) groups is 1. The zero-order valence-corrected chi connectivity index (χ0v) is 15.1. The van der Waals surface area contributed by atoms with E-state index >= 15 is 0 Å². The van der Waals surface area contributed by atoms with Crippen LogP contribution in [0.25, 0.3) is 0 Å². The highest BCUT2D eigenvalue weighted by molar-refractivity contribution is 6.30. The van der Waals surface area contributed by atoms with Crippen molar-refractivity contribution < 1.29 is 9.32 Å². The minimum Gasteiger partial charge on any atom is -0.360 e. The summed E-state index contributed by atoms with van der Waals surface area (Å²) in [6.45, 7) is 7.21. The van der Waals surface area contributed by atoms with Crippen LogP contribution < -0.4 is 5.32 Å². The molecule has 0 aliphatic carbocycles. The van der Waals surface area contributed by atoms with Crippen LogP contribution in [0.1, 0.15) is 17.0 Å². The summed E-state index contributed by atoms with van der Waals surface area (Å²) >= 11 is 5.95. The predicted molar refractivity (Wildman–Crippen MR) is 96.3 cm³/mol. The first kappa shape index (κ1) is 17.9. The van der Waals surface area contributed by atoms with E-state index in [1.54, 1.807) is 0 Å². The third-order valence-electron chi connectivity index (χ3n) is 4.27. The second-order valence-electron chi connectivity index (χ2n) is 6.39. The van der Waals surface area contributed by atoms with E-state index in [1.807, 2.05) is 37.3 Å². The molecule has 0 radical (unpaired) electrons. The van der Waals surface area contributed by atoms with Gasteiger partial charge in [-0.2, -0.15) is 0 Å². The third-order valence-corrected chi connectivity index (χ3v) is 4.50. The van der Waals surface area contributed by atoms with Gasteiger partial charge in [0.05, 0.1) is 18.8 Å². The standard InChI is InChI=1S/C18H23ClN4O2/c1-14-9-17(25-21-14)12-22-5-7-23(8-6-22)13-18(24)20-11-15-3-2-4-16(19)10-15/h2-4,9-10H,5-8,11-13H2,1H3,(H,20,24). The summed E-state index contributed by atoms with van der Waals surface area (Å²) in [5.41, 5.74) is 1.91. The third kappa shape index (κ3) is 5.56. The topological polar surface area (TPSA) is 61.6 Å². The van der Waals surface area contributed by atoms with E-state index in [1.165, 1.54) is 0 Å². The van der Waals surface area contributed by atoms with Crippen molar-refractivity contribution >= 4 is 17.5 Å². The number of aryl methyl sites for hydroxylation is 1. The quantitative estimate of drug-likeness (QED) is 0.852. The lowest BCUT2D eigenvalue weighted by Gasteiger charge is -2.33. The average molecular weight is 363 g/mol. The lowest BCUT2D eigenvalue weighted by atomic mass is 10.2. The summed E-state index contributed by atoms with van der Waals surface area (Å²) in [6, 6.07) is 9.50. The van der Waals surface area contributed by atoms with Crippen molar-refractivity contribution in [3.8, 4) is 0 Å². The van der Waals surface area contributed by atoms with Gasteiger partial charge in [-0.25, -0.2) is 0 Å². The zero-order chi connectivity index (χ0) is 17.6. The second-order valence-corrected chi connectivity index (χ2v) is 6.83. The van der Waals surface area contributed by atoms with Gasteiger partial charge in [0.2, 0.25) is 5.91 Å². The molecule has 1 N–H and O–H groups in total. The molecule has 2 heterocycles. The number of hydrogen-bond donors (Lipinski definition) is 1. The lowest BCUT2D eigenvalue weighted by molar-refractivity contribution is -0.122. The Hall–Kier alpha value is -1.89. The average Bonchev–Trinajstić information content (AvgIpc) is 3.00. The van der Waals surface area contributed by atoms with Gasteiger partial charge < -0.3 is 9.84 Å². The molecule has 1 amide bonds. The first-order chi connectivity index (χ1) is 12.1. The predicted octanol–water partition coefficient (Wildman–Crippen LogP) is 2.07. The van der Waals surface area contributed by atoms with Gasteiger partial charge >= 0.3 is 0 Å². The normalized spacial score (nSPS) is 16.1. The number of piperazine rings is 1. The number of benzene rings is 1. The van der Waals surface area contributed by atoms with Crippen LogP contribution in [0.15, 0.2) is 34.9 Å². The summed E-state index contributed by atoms with van der Waals surface area (Å²) in [5.74, 6) is 0.935. The molecule has 25 heavy (non-hydrogen) atoms. The van der Waals surface area contributed by atoms with Crippen molar-refractivity contribution in [1.29, 1.82) is 0 Å². The van der Waals surface area contributed by atoms with E-state index in [9.17, 15) is 4.79 Å². The van der Waals surface area contributed by atoms with Crippen LogP contribution in [-0.4, -0.2) is 53.6 Å². The molecule has 0 bridgehead atoms. The summed E-state index contributed by atoms with van der Waals surface area (Å²) in [6.07, 6.45) is 0. The highest BCUT2D eigenvalue weighted by Crippen LogP contribution is 2.11. The maximum absolute atomic E-state index is 12.1. The van der Waals surface area contributed by atoms with Crippen LogP contribution in [0.2, 0.25) is 5.02 Å². The van der Waals surface area contributed by atoms with E-state index in [2.05, 4.69) is 20.3 Å². The molecule has 1 aliphatic rings. The Labute approximate surface area is 152 Å². The number of hydrogen-bond acceptors (Lipinski definition) is 5. The molecule has 1 fully saturated rings. The zero-order valence-electron chi connectivity index (χ0n) is 14.4. The Morgan fingerprint density at radius 3 is 2.68 bits per heavy atom. The smallest absolute Gasteiger partial charge is 0.234 e. The first-order valence-corrected chi connectivity index (χ1v) is 8.84. The summed E-state index contributed by atoms with van der Waals surface area (Å²) in [7, 11) is 0. The Morgan fingerprint density at radius 1 is 1.24 bits per heavy atom.